The molecular weight excluding hydrogens is 350 g/mol. The average Bonchev–Trinajstić information content (AvgIpc) is 2.69. The summed E-state index contributed by atoms with van der Waals surface area (Å²) >= 11 is 0. The number of hydrogen-bond donors (Lipinski definition) is 1. The van der Waals surface area contributed by atoms with Crippen LogP contribution in [0.25, 0.3) is 0 Å². The number of aliphatic hydroxyl groups excluding tert-OH is 1. The largest absolute Gasteiger partial charge is 0.434 e. The van der Waals surface area contributed by atoms with E-state index in [4.69, 9.17) is 9.84 Å². The summed E-state index contributed by atoms with van der Waals surface area (Å²) < 4.78 is 5.70. The molecule has 1 aliphatic rings. The fourth-order valence-electron chi connectivity index (χ4n) is 3.05. The van der Waals surface area contributed by atoms with Crippen molar-refractivity contribution in [2.45, 2.75) is 13.3 Å². The molecule has 1 saturated heterocycles. The number of anilines is 1. The van der Waals surface area contributed by atoms with E-state index in [1.54, 1.807) is 12.1 Å². The van der Waals surface area contributed by atoms with Gasteiger partial charge in [0.05, 0.1) is 11.5 Å². The quantitative estimate of drug-likeness (QED) is 0.579. The number of ether oxygens (including phenoxy) is 1. The van der Waals surface area contributed by atoms with Crippen LogP contribution in [0.3, 0.4) is 0 Å². The molecule has 0 saturated carbocycles. The molecule has 0 radical (unpaired) electrons. The monoisotopic (exact) mass is 373 g/mol. The molecule has 9 nitrogen and oxygen atoms in total. The number of β-amino-alcohol motifs (C(OH)–C–C–N with tert-alkyl or cyclic N) is 1. The summed E-state index contributed by atoms with van der Waals surface area (Å²) in [5, 5.41) is 20.8. The lowest BCUT2D eigenvalue weighted by atomic mass is 10.2. The number of benzene rings is 1. The van der Waals surface area contributed by atoms with Crippen LogP contribution < -0.4 is 9.64 Å². The van der Waals surface area contributed by atoms with Gasteiger partial charge in [-0.1, -0.05) is 19.1 Å². The minimum absolute atomic E-state index is 0.0629. The van der Waals surface area contributed by atoms with Gasteiger partial charge >= 0.3 is 11.6 Å². The Morgan fingerprint density at radius 1 is 1.19 bits per heavy atom. The summed E-state index contributed by atoms with van der Waals surface area (Å²) in [6, 6.07) is 7.39. The Labute approximate surface area is 157 Å². The lowest BCUT2D eigenvalue weighted by molar-refractivity contribution is -0.385. The second-order valence-electron chi connectivity index (χ2n) is 6.26. The van der Waals surface area contributed by atoms with Crippen molar-refractivity contribution >= 4 is 11.5 Å². The van der Waals surface area contributed by atoms with Crippen molar-refractivity contribution < 1.29 is 14.8 Å². The fraction of sp³-hybridized carbons (Fsp3) is 0.444. The molecule has 1 N–H and O–H groups in total. The van der Waals surface area contributed by atoms with Crippen LogP contribution in [0.2, 0.25) is 0 Å². The normalized spacial score (nSPS) is 15.0. The minimum Gasteiger partial charge on any atom is -0.434 e. The van der Waals surface area contributed by atoms with E-state index in [1.807, 2.05) is 17.0 Å². The molecule has 1 aliphatic heterocycles. The summed E-state index contributed by atoms with van der Waals surface area (Å²) in [6.45, 7) is 5.33. The van der Waals surface area contributed by atoms with Gasteiger partial charge in [-0.05, 0) is 24.1 Å². The molecule has 0 aliphatic carbocycles. The lowest BCUT2D eigenvalue weighted by Crippen LogP contribution is -2.47. The molecule has 0 amide bonds. The highest BCUT2D eigenvalue weighted by Crippen LogP contribution is 2.36. The lowest BCUT2D eigenvalue weighted by Gasteiger charge is -2.34. The summed E-state index contributed by atoms with van der Waals surface area (Å²) in [5.41, 5.74) is 0.925. The van der Waals surface area contributed by atoms with Crippen molar-refractivity contribution in [2.24, 2.45) is 0 Å². The summed E-state index contributed by atoms with van der Waals surface area (Å²) in [6.07, 6.45) is 2.19. The molecule has 0 bridgehead atoms. The van der Waals surface area contributed by atoms with Gasteiger partial charge in [0.1, 0.15) is 12.1 Å². The predicted octanol–water partition coefficient (Wildman–Crippen LogP) is 1.85. The molecule has 2 heterocycles. The first kappa shape index (κ1) is 19.0. The summed E-state index contributed by atoms with van der Waals surface area (Å²) in [4.78, 5) is 23.3. The highest BCUT2D eigenvalue weighted by molar-refractivity contribution is 5.63. The zero-order valence-electron chi connectivity index (χ0n) is 15.2. The maximum Gasteiger partial charge on any atom is 0.373 e. The van der Waals surface area contributed by atoms with Gasteiger partial charge in [-0.3, -0.25) is 15.0 Å². The Bertz CT molecular complexity index is 776. The van der Waals surface area contributed by atoms with E-state index in [0.717, 1.165) is 12.0 Å². The number of aryl methyl sites for hydroxylation is 1. The number of aliphatic hydroxyl groups is 1. The molecule has 9 heteroatoms. The number of nitrogens with zero attached hydrogens (tertiary/aromatic N) is 5. The predicted molar refractivity (Wildman–Crippen MR) is 100 cm³/mol. The number of hydrogen-bond acceptors (Lipinski definition) is 8. The molecule has 0 unspecified atom stereocenters. The van der Waals surface area contributed by atoms with Crippen molar-refractivity contribution in [1.29, 1.82) is 0 Å². The maximum absolute atomic E-state index is 11.7. The first-order chi connectivity index (χ1) is 13.1. The minimum atomic E-state index is -0.495. The van der Waals surface area contributed by atoms with Gasteiger partial charge in [-0.25, -0.2) is 4.98 Å². The van der Waals surface area contributed by atoms with Crippen molar-refractivity contribution in [1.82, 2.24) is 14.9 Å². The number of piperazine rings is 1. The molecule has 1 aromatic heterocycles. The van der Waals surface area contributed by atoms with Crippen LogP contribution in [0.1, 0.15) is 12.5 Å². The van der Waals surface area contributed by atoms with Gasteiger partial charge in [0.25, 0.3) is 0 Å². The first-order valence-electron chi connectivity index (χ1n) is 8.96. The zero-order chi connectivity index (χ0) is 19.2. The average molecular weight is 373 g/mol. The van der Waals surface area contributed by atoms with Gasteiger partial charge in [0.15, 0.2) is 0 Å². The van der Waals surface area contributed by atoms with Crippen molar-refractivity contribution in [3.63, 3.8) is 0 Å². The molecule has 0 spiro atoms. The molecular formula is C18H23N5O4. The molecule has 1 aromatic carbocycles. The van der Waals surface area contributed by atoms with Gasteiger partial charge in [0.2, 0.25) is 5.82 Å². The Balaban J connectivity index is 1.83. The topological polar surface area (TPSA) is 105 Å². The molecule has 3 rings (SSSR count). The van der Waals surface area contributed by atoms with Gasteiger partial charge in [0, 0.05) is 32.7 Å². The maximum atomic E-state index is 11.7. The molecule has 27 heavy (non-hydrogen) atoms. The third kappa shape index (κ3) is 4.50. The van der Waals surface area contributed by atoms with Gasteiger partial charge in [-0.15, -0.1) is 0 Å². The molecule has 0 atom stereocenters. The third-order valence-corrected chi connectivity index (χ3v) is 4.59. The van der Waals surface area contributed by atoms with Crippen molar-refractivity contribution in [3.8, 4) is 11.6 Å². The van der Waals surface area contributed by atoms with Gasteiger partial charge < -0.3 is 14.7 Å². The smallest absolute Gasteiger partial charge is 0.373 e. The van der Waals surface area contributed by atoms with E-state index < -0.39 is 4.92 Å². The second kappa shape index (κ2) is 8.74. The molecule has 1 fully saturated rings. The Morgan fingerprint density at radius 3 is 2.48 bits per heavy atom. The standard InChI is InChI=1S/C18H23N5O4/c1-2-14-3-5-15(6-4-14)27-18-16(23(25)26)17(19-13-20-18)22-9-7-21(8-10-22)11-12-24/h3-6,13,24H,2,7-12H2,1H3. The summed E-state index contributed by atoms with van der Waals surface area (Å²) in [7, 11) is 0. The van der Waals surface area contributed by atoms with E-state index >= 15 is 0 Å². The van der Waals surface area contributed by atoms with Crippen molar-refractivity contribution in [2.75, 3.05) is 44.2 Å². The van der Waals surface area contributed by atoms with Crippen LogP contribution in [0.15, 0.2) is 30.6 Å². The molecule has 144 valence electrons. The van der Waals surface area contributed by atoms with E-state index in [-0.39, 0.29) is 24.0 Å². The van der Waals surface area contributed by atoms with Crippen molar-refractivity contribution in [3.05, 3.63) is 46.3 Å². The van der Waals surface area contributed by atoms with E-state index in [1.165, 1.54) is 6.33 Å². The van der Waals surface area contributed by atoms with Crippen LogP contribution >= 0.6 is 0 Å². The van der Waals surface area contributed by atoms with Crippen LogP contribution in [-0.4, -0.2) is 64.2 Å². The Morgan fingerprint density at radius 2 is 1.89 bits per heavy atom. The highest BCUT2D eigenvalue weighted by Gasteiger charge is 2.30. The van der Waals surface area contributed by atoms with E-state index in [9.17, 15) is 10.1 Å². The zero-order valence-corrected chi connectivity index (χ0v) is 15.2. The number of aromatic nitrogens is 2. The second-order valence-corrected chi connectivity index (χ2v) is 6.26. The Kier molecular flexibility index (Phi) is 6.15. The fourth-order valence-corrected chi connectivity index (χ4v) is 3.05. The number of rotatable bonds is 7. The van der Waals surface area contributed by atoms with Crippen LogP contribution in [0.4, 0.5) is 11.5 Å². The van der Waals surface area contributed by atoms with Crippen LogP contribution in [0.5, 0.6) is 11.6 Å². The summed E-state index contributed by atoms with van der Waals surface area (Å²) in [5.74, 6) is 0.693. The van der Waals surface area contributed by atoms with Gasteiger partial charge in [-0.2, -0.15) is 4.98 Å². The van der Waals surface area contributed by atoms with E-state index in [2.05, 4.69) is 21.8 Å². The van der Waals surface area contributed by atoms with Crippen LogP contribution in [0, 0.1) is 10.1 Å². The Hall–Kier alpha value is -2.78. The third-order valence-electron chi connectivity index (χ3n) is 4.59. The SMILES string of the molecule is CCc1ccc(Oc2ncnc(N3CCN(CCO)CC3)c2[N+](=O)[O-])cc1. The van der Waals surface area contributed by atoms with E-state index in [0.29, 0.717) is 38.5 Å². The van der Waals surface area contributed by atoms with Crippen LogP contribution in [-0.2, 0) is 6.42 Å². The highest BCUT2D eigenvalue weighted by atomic mass is 16.6. The number of nitro groups is 1. The molecule has 2 aromatic rings. The first-order valence-corrected chi connectivity index (χ1v) is 8.96.